The highest BCUT2D eigenvalue weighted by atomic mass is 16.3. The molecule has 0 saturated heterocycles. The SMILES string of the molecule is CCC(NC(=O)C(C)NC(=O)c1ccoc1)C1CCCCC1. The van der Waals surface area contributed by atoms with Gasteiger partial charge in [-0.05, 0) is 38.2 Å². The van der Waals surface area contributed by atoms with Crippen molar-refractivity contribution in [3.8, 4) is 0 Å². The predicted octanol–water partition coefficient (Wildman–Crippen LogP) is 2.87. The lowest BCUT2D eigenvalue weighted by molar-refractivity contribution is -0.123. The first-order valence-electron chi connectivity index (χ1n) is 8.25. The number of carbonyl (C=O) groups excluding carboxylic acids is 2. The summed E-state index contributed by atoms with van der Waals surface area (Å²) < 4.78 is 4.88. The number of furan rings is 1. The maximum absolute atomic E-state index is 12.3. The topological polar surface area (TPSA) is 71.3 Å². The monoisotopic (exact) mass is 306 g/mol. The first-order chi connectivity index (χ1) is 10.6. The van der Waals surface area contributed by atoms with Crippen LogP contribution < -0.4 is 10.6 Å². The molecule has 0 radical (unpaired) electrons. The minimum absolute atomic E-state index is 0.116. The third kappa shape index (κ3) is 4.36. The van der Waals surface area contributed by atoms with Crippen molar-refractivity contribution in [3.05, 3.63) is 24.2 Å². The van der Waals surface area contributed by atoms with E-state index in [4.69, 9.17) is 4.42 Å². The number of rotatable bonds is 6. The van der Waals surface area contributed by atoms with Gasteiger partial charge in [0.05, 0.1) is 11.8 Å². The Balaban J connectivity index is 1.85. The van der Waals surface area contributed by atoms with Crippen molar-refractivity contribution >= 4 is 11.8 Å². The molecule has 122 valence electrons. The van der Waals surface area contributed by atoms with E-state index in [1.165, 1.54) is 44.6 Å². The Morgan fingerprint density at radius 3 is 2.59 bits per heavy atom. The summed E-state index contributed by atoms with van der Waals surface area (Å²) in [5.74, 6) is 0.163. The molecule has 1 aromatic heterocycles. The standard InChI is InChI=1S/C17H26N2O3/c1-3-15(13-7-5-4-6-8-13)19-16(20)12(2)18-17(21)14-9-10-22-11-14/h9-13,15H,3-8H2,1-2H3,(H,18,21)(H,19,20). The Hall–Kier alpha value is -1.78. The third-order valence-corrected chi connectivity index (χ3v) is 4.51. The summed E-state index contributed by atoms with van der Waals surface area (Å²) in [4.78, 5) is 24.2. The van der Waals surface area contributed by atoms with Crippen molar-refractivity contribution in [2.45, 2.75) is 64.5 Å². The fraction of sp³-hybridized carbons (Fsp3) is 0.647. The smallest absolute Gasteiger partial charge is 0.255 e. The van der Waals surface area contributed by atoms with Crippen molar-refractivity contribution in [1.29, 1.82) is 0 Å². The average molecular weight is 306 g/mol. The minimum Gasteiger partial charge on any atom is -0.472 e. The van der Waals surface area contributed by atoms with Crippen molar-refractivity contribution < 1.29 is 14.0 Å². The zero-order chi connectivity index (χ0) is 15.9. The predicted molar refractivity (Wildman–Crippen MR) is 84.4 cm³/mol. The molecule has 2 atom stereocenters. The largest absolute Gasteiger partial charge is 0.472 e. The van der Waals surface area contributed by atoms with Crippen LogP contribution in [-0.2, 0) is 4.79 Å². The molecule has 2 unspecified atom stereocenters. The van der Waals surface area contributed by atoms with Crippen molar-refractivity contribution in [1.82, 2.24) is 10.6 Å². The number of hydrogen-bond donors (Lipinski definition) is 2. The molecule has 1 aliphatic rings. The first kappa shape index (κ1) is 16.6. The number of carbonyl (C=O) groups is 2. The zero-order valence-corrected chi connectivity index (χ0v) is 13.4. The van der Waals surface area contributed by atoms with E-state index >= 15 is 0 Å². The van der Waals surface area contributed by atoms with Crippen molar-refractivity contribution in [2.75, 3.05) is 0 Å². The molecule has 2 rings (SSSR count). The Morgan fingerprint density at radius 2 is 2.00 bits per heavy atom. The van der Waals surface area contributed by atoms with Crippen LogP contribution in [0.25, 0.3) is 0 Å². The van der Waals surface area contributed by atoms with Crippen LogP contribution in [0.4, 0.5) is 0 Å². The van der Waals surface area contributed by atoms with Gasteiger partial charge >= 0.3 is 0 Å². The van der Waals surface area contributed by atoms with Crippen LogP contribution in [0, 0.1) is 5.92 Å². The van der Waals surface area contributed by atoms with Crippen molar-refractivity contribution in [3.63, 3.8) is 0 Å². The van der Waals surface area contributed by atoms with Crippen LogP contribution in [0.1, 0.15) is 62.7 Å². The number of nitrogens with one attached hydrogen (secondary N) is 2. The molecule has 0 aromatic carbocycles. The highest BCUT2D eigenvalue weighted by molar-refractivity contribution is 5.97. The van der Waals surface area contributed by atoms with Gasteiger partial charge in [-0.3, -0.25) is 9.59 Å². The van der Waals surface area contributed by atoms with Gasteiger partial charge in [0.15, 0.2) is 0 Å². The van der Waals surface area contributed by atoms with E-state index in [0.717, 1.165) is 6.42 Å². The van der Waals surface area contributed by atoms with E-state index in [-0.39, 0.29) is 17.9 Å². The zero-order valence-electron chi connectivity index (χ0n) is 13.4. The first-order valence-corrected chi connectivity index (χ1v) is 8.25. The molecule has 1 aliphatic carbocycles. The molecule has 5 heteroatoms. The van der Waals surface area contributed by atoms with Gasteiger partial charge < -0.3 is 15.1 Å². The Kier molecular flexibility index (Phi) is 6.04. The van der Waals surface area contributed by atoms with Gasteiger partial charge in [0.25, 0.3) is 5.91 Å². The van der Waals surface area contributed by atoms with E-state index in [0.29, 0.717) is 11.5 Å². The molecule has 2 amide bonds. The van der Waals surface area contributed by atoms with Gasteiger partial charge in [-0.25, -0.2) is 0 Å². The van der Waals surface area contributed by atoms with Gasteiger partial charge in [0.2, 0.25) is 5.91 Å². The van der Waals surface area contributed by atoms with Crippen molar-refractivity contribution in [2.24, 2.45) is 5.92 Å². The summed E-state index contributed by atoms with van der Waals surface area (Å²) in [6, 6.07) is 1.23. The molecular weight excluding hydrogens is 280 g/mol. The Morgan fingerprint density at radius 1 is 1.27 bits per heavy atom. The van der Waals surface area contributed by atoms with Gasteiger partial charge in [-0.2, -0.15) is 0 Å². The van der Waals surface area contributed by atoms with Crippen LogP contribution in [0.3, 0.4) is 0 Å². The van der Waals surface area contributed by atoms with E-state index in [2.05, 4.69) is 17.6 Å². The molecule has 0 aliphatic heterocycles. The molecule has 22 heavy (non-hydrogen) atoms. The molecule has 1 saturated carbocycles. The van der Waals surface area contributed by atoms with E-state index in [9.17, 15) is 9.59 Å². The lowest BCUT2D eigenvalue weighted by Gasteiger charge is -2.31. The second kappa shape index (κ2) is 8.01. The summed E-state index contributed by atoms with van der Waals surface area (Å²) in [6.07, 6.45) is 9.93. The Labute approximate surface area is 131 Å². The molecule has 1 fully saturated rings. The molecule has 0 bridgehead atoms. The quantitative estimate of drug-likeness (QED) is 0.849. The maximum atomic E-state index is 12.3. The van der Waals surface area contributed by atoms with Gasteiger partial charge in [-0.15, -0.1) is 0 Å². The summed E-state index contributed by atoms with van der Waals surface area (Å²) in [6.45, 7) is 3.81. The molecule has 1 aromatic rings. The van der Waals surface area contributed by atoms with Gasteiger partial charge in [-0.1, -0.05) is 26.2 Å². The highest BCUT2D eigenvalue weighted by Crippen LogP contribution is 2.27. The summed E-state index contributed by atoms with van der Waals surface area (Å²) in [5, 5.41) is 5.81. The number of hydrogen-bond acceptors (Lipinski definition) is 3. The molecular formula is C17H26N2O3. The van der Waals surface area contributed by atoms with Gasteiger partial charge in [0.1, 0.15) is 12.3 Å². The van der Waals surface area contributed by atoms with Gasteiger partial charge in [0, 0.05) is 6.04 Å². The molecule has 0 spiro atoms. The summed E-state index contributed by atoms with van der Waals surface area (Å²) >= 11 is 0. The summed E-state index contributed by atoms with van der Waals surface area (Å²) in [7, 11) is 0. The van der Waals surface area contributed by atoms with E-state index in [1.807, 2.05) is 0 Å². The van der Waals surface area contributed by atoms with E-state index < -0.39 is 6.04 Å². The van der Waals surface area contributed by atoms with E-state index in [1.54, 1.807) is 13.0 Å². The average Bonchev–Trinajstić information content (AvgIpc) is 3.07. The van der Waals surface area contributed by atoms with Crippen LogP contribution in [0.5, 0.6) is 0 Å². The fourth-order valence-corrected chi connectivity index (χ4v) is 3.14. The summed E-state index contributed by atoms with van der Waals surface area (Å²) in [5.41, 5.74) is 0.430. The molecule has 1 heterocycles. The lowest BCUT2D eigenvalue weighted by Crippen LogP contribution is -2.50. The minimum atomic E-state index is -0.556. The van der Waals surface area contributed by atoms with Crippen LogP contribution in [0.2, 0.25) is 0 Å². The number of amides is 2. The molecule has 5 nitrogen and oxygen atoms in total. The Bertz CT molecular complexity index is 478. The van der Waals surface area contributed by atoms with Crippen LogP contribution in [0.15, 0.2) is 23.0 Å². The van der Waals surface area contributed by atoms with Crippen LogP contribution in [-0.4, -0.2) is 23.9 Å². The van der Waals surface area contributed by atoms with Crippen LogP contribution >= 0.6 is 0 Å². The fourth-order valence-electron chi connectivity index (χ4n) is 3.14. The second-order valence-corrected chi connectivity index (χ2v) is 6.13. The second-order valence-electron chi connectivity index (χ2n) is 6.13. The normalized spacial score (nSPS) is 18.5. The third-order valence-electron chi connectivity index (χ3n) is 4.51. The lowest BCUT2D eigenvalue weighted by atomic mass is 9.83. The molecule has 2 N–H and O–H groups in total. The maximum Gasteiger partial charge on any atom is 0.255 e. The highest BCUT2D eigenvalue weighted by Gasteiger charge is 2.26.